The molecule has 0 amide bonds. The fourth-order valence-corrected chi connectivity index (χ4v) is 2.21. The minimum Gasteiger partial charge on any atom is -0.858 e. The number of aromatic nitrogens is 3. The number of nitrogens with zero attached hydrogens (tertiary/aromatic N) is 5. The van der Waals surface area contributed by atoms with Crippen LogP contribution < -0.4 is 14.9 Å². The largest absolute Gasteiger partial charge is 0.858 e. The number of aliphatic imine (C=N–C) groups is 1. The van der Waals surface area contributed by atoms with Gasteiger partial charge in [-0.25, -0.2) is 4.99 Å². The van der Waals surface area contributed by atoms with E-state index in [4.69, 9.17) is 4.52 Å². The van der Waals surface area contributed by atoms with Gasteiger partial charge in [-0.2, -0.15) is 0 Å². The first-order valence-corrected chi connectivity index (χ1v) is 7.48. The number of rotatable bonds is 5. The van der Waals surface area contributed by atoms with Crippen molar-refractivity contribution in [3.05, 3.63) is 72.2 Å². The molecular formula is C17H17N5O2. The minimum absolute atomic E-state index is 0.0724. The molecule has 2 aromatic heterocycles. The summed E-state index contributed by atoms with van der Waals surface area (Å²) in [7, 11) is 1.88. The van der Waals surface area contributed by atoms with Gasteiger partial charge in [0.25, 0.3) is 6.20 Å². The number of hydrogen-bond acceptors (Lipinski definition) is 6. The minimum atomic E-state index is -0.426. The summed E-state index contributed by atoms with van der Waals surface area (Å²) in [4.78, 5) is 9.33. The Hall–Kier alpha value is -3.22. The molecule has 7 heteroatoms. The van der Waals surface area contributed by atoms with Crippen molar-refractivity contribution in [3.8, 4) is 0 Å². The summed E-state index contributed by atoms with van der Waals surface area (Å²) in [6.07, 6.45) is 4.62. The quantitative estimate of drug-likeness (QED) is 0.399. The third-order valence-electron chi connectivity index (χ3n) is 3.73. The molecule has 0 fully saturated rings. The van der Waals surface area contributed by atoms with E-state index in [1.54, 1.807) is 24.5 Å². The van der Waals surface area contributed by atoms with E-state index in [2.05, 4.69) is 22.2 Å². The van der Waals surface area contributed by atoms with Crippen molar-refractivity contribution in [1.82, 2.24) is 10.3 Å². The number of hydrogen-bond donors (Lipinski definition) is 0. The van der Waals surface area contributed by atoms with Crippen LogP contribution in [-0.4, -0.2) is 23.2 Å². The van der Waals surface area contributed by atoms with E-state index in [0.29, 0.717) is 5.56 Å². The molecule has 2 heterocycles. The van der Waals surface area contributed by atoms with Gasteiger partial charge in [0.2, 0.25) is 5.27 Å². The maximum Gasteiger partial charge on any atom is 0.324 e. The molecule has 0 aliphatic heterocycles. The molecule has 7 nitrogen and oxygen atoms in total. The van der Waals surface area contributed by atoms with Crippen molar-refractivity contribution in [3.63, 3.8) is 0 Å². The second kappa shape index (κ2) is 6.91. The molecule has 0 saturated heterocycles. The Bertz CT molecular complexity index is 817. The Balaban J connectivity index is 1.78. The Morgan fingerprint density at radius 3 is 2.75 bits per heavy atom. The summed E-state index contributed by atoms with van der Waals surface area (Å²) in [5.74, 6) is -0.291. The van der Waals surface area contributed by atoms with Gasteiger partial charge in [-0.05, 0) is 18.6 Å². The van der Waals surface area contributed by atoms with E-state index in [-0.39, 0.29) is 11.9 Å². The third kappa shape index (κ3) is 3.40. The Morgan fingerprint density at radius 1 is 1.25 bits per heavy atom. The lowest BCUT2D eigenvalue weighted by molar-refractivity contribution is -0.759. The van der Waals surface area contributed by atoms with Gasteiger partial charge in [0.05, 0.1) is 11.8 Å². The van der Waals surface area contributed by atoms with Gasteiger partial charge >= 0.3 is 5.88 Å². The number of pyridine rings is 1. The van der Waals surface area contributed by atoms with Crippen molar-refractivity contribution < 1.29 is 14.4 Å². The van der Waals surface area contributed by atoms with Gasteiger partial charge in [0, 0.05) is 23.9 Å². The zero-order chi connectivity index (χ0) is 16.9. The van der Waals surface area contributed by atoms with Crippen LogP contribution in [0.1, 0.15) is 24.1 Å². The predicted octanol–water partition coefficient (Wildman–Crippen LogP) is 1.12. The molecule has 0 bridgehead atoms. The molecule has 122 valence electrons. The van der Waals surface area contributed by atoms with Gasteiger partial charge in [-0.15, -0.1) is 5.01 Å². The highest BCUT2D eigenvalue weighted by Crippen LogP contribution is 2.15. The zero-order valence-corrected chi connectivity index (χ0v) is 13.4. The lowest BCUT2D eigenvalue weighted by Crippen LogP contribution is -2.57. The normalized spacial score (nSPS) is 12.8. The summed E-state index contributed by atoms with van der Waals surface area (Å²) >= 11 is 0. The van der Waals surface area contributed by atoms with Crippen LogP contribution in [0.15, 0.2) is 70.6 Å². The average molecular weight is 323 g/mol. The number of benzene rings is 1. The van der Waals surface area contributed by atoms with Gasteiger partial charge in [0.1, 0.15) is 6.04 Å². The maximum atomic E-state index is 12.0. The summed E-state index contributed by atoms with van der Waals surface area (Å²) in [5.41, 5.74) is 1.53. The van der Waals surface area contributed by atoms with Crippen LogP contribution in [-0.2, 0) is 0 Å². The Labute approximate surface area is 139 Å². The lowest BCUT2D eigenvalue weighted by atomic mass is 10.1. The third-order valence-corrected chi connectivity index (χ3v) is 3.73. The van der Waals surface area contributed by atoms with E-state index in [1.807, 2.05) is 42.4 Å². The smallest absolute Gasteiger partial charge is 0.324 e. The van der Waals surface area contributed by atoms with Gasteiger partial charge in [-0.1, -0.05) is 36.4 Å². The zero-order valence-electron chi connectivity index (χ0n) is 13.4. The molecule has 0 N–H and O–H groups in total. The maximum absolute atomic E-state index is 12.0. The first-order valence-electron chi connectivity index (χ1n) is 7.48. The van der Waals surface area contributed by atoms with E-state index in [9.17, 15) is 5.11 Å². The fraction of sp³-hybridized carbons (Fsp3) is 0.176. The predicted molar refractivity (Wildman–Crippen MR) is 86.1 cm³/mol. The molecule has 3 aromatic rings. The molecule has 0 saturated carbocycles. The van der Waals surface area contributed by atoms with E-state index >= 15 is 0 Å². The van der Waals surface area contributed by atoms with Crippen molar-refractivity contribution in [2.24, 2.45) is 4.99 Å². The van der Waals surface area contributed by atoms with Gasteiger partial charge in [-0.3, -0.25) is 9.51 Å². The molecule has 0 radical (unpaired) electrons. The van der Waals surface area contributed by atoms with Crippen molar-refractivity contribution >= 4 is 11.8 Å². The molecule has 0 aliphatic carbocycles. The summed E-state index contributed by atoms with van der Waals surface area (Å²) in [6, 6.07) is 13.4. The lowest BCUT2D eigenvalue weighted by Gasteiger charge is -2.16. The van der Waals surface area contributed by atoms with Crippen LogP contribution in [0, 0.1) is 0 Å². The summed E-state index contributed by atoms with van der Waals surface area (Å²) in [5, 5.41) is 17.8. The standard InChI is InChI=1S/C17H17N5O2/c1-13(14-7-4-3-5-8-14)21(2)22-12-16(24-20-22)19-17(23)15-9-6-10-18-11-15/h3-13H,1-2H3. The van der Waals surface area contributed by atoms with Crippen molar-refractivity contribution in [2.75, 3.05) is 12.1 Å². The topological polar surface area (TPSA) is 81.5 Å². The van der Waals surface area contributed by atoms with Crippen LogP contribution in [0.5, 0.6) is 0 Å². The SMILES string of the molecule is CC(c1ccccc1)N(C)[n+]1cc(/N=C(/[O-])c2cccnc2)on1. The van der Waals surface area contributed by atoms with Gasteiger partial charge < -0.3 is 5.11 Å². The molecule has 0 aliphatic rings. The van der Waals surface area contributed by atoms with Crippen molar-refractivity contribution in [1.29, 1.82) is 0 Å². The van der Waals surface area contributed by atoms with Crippen LogP contribution >= 0.6 is 0 Å². The van der Waals surface area contributed by atoms with E-state index < -0.39 is 5.90 Å². The first-order chi connectivity index (χ1) is 11.6. The first kappa shape index (κ1) is 15.7. The highest BCUT2D eigenvalue weighted by atomic mass is 16.5. The van der Waals surface area contributed by atoms with Crippen LogP contribution in [0.25, 0.3) is 0 Å². The summed E-state index contributed by atoms with van der Waals surface area (Å²) in [6.45, 7) is 2.05. The highest BCUT2D eigenvalue weighted by molar-refractivity contribution is 5.91. The average Bonchev–Trinajstić information content (AvgIpc) is 3.10. The van der Waals surface area contributed by atoms with E-state index in [1.165, 1.54) is 11.0 Å². The van der Waals surface area contributed by atoms with Crippen molar-refractivity contribution in [2.45, 2.75) is 13.0 Å². The molecule has 3 rings (SSSR count). The molecule has 24 heavy (non-hydrogen) atoms. The highest BCUT2D eigenvalue weighted by Gasteiger charge is 2.23. The molecule has 0 spiro atoms. The van der Waals surface area contributed by atoms with E-state index in [0.717, 1.165) is 5.56 Å². The Morgan fingerprint density at radius 2 is 2.04 bits per heavy atom. The second-order valence-corrected chi connectivity index (χ2v) is 5.28. The fourth-order valence-electron chi connectivity index (χ4n) is 2.21. The molecule has 1 unspecified atom stereocenters. The molecule has 1 aromatic carbocycles. The van der Waals surface area contributed by atoms with Crippen LogP contribution in [0.4, 0.5) is 5.88 Å². The molecular weight excluding hydrogens is 306 g/mol. The van der Waals surface area contributed by atoms with Crippen LogP contribution in [0.3, 0.4) is 0 Å². The second-order valence-electron chi connectivity index (χ2n) is 5.28. The monoisotopic (exact) mass is 323 g/mol. The Kier molecular flexibility index (Phi) is 4.51. The van der Waals surface area contributed by atoms with Gasteiger partial charge in [0.15, 0.2) is 0 Å². The summed E-state index contributed by atoms with van der Waals surface area (Å²) < 4.78 is 5.13. The van der Waals surface area contributed by atoms with Crippen LogP contribution in [0.2, 0.25) is 0 Å². The molecule has 1 atom stereocenters.